The number of hydrogen-bond donors (Lipinski definition) is 2. The van der Waals surface area contributed by atoms with Crippen LogP contribution in [0.5, 0.6) is 5.88 Å². The molecule has 0 radical (unpaired) electrons. The number of azo groups is 1. The second-order valence-electron chi connectivity index (χ2n) is 4.33. The van der Waals surface area contributed by atoms with E-state index in [1.807, 2.05) is 13.0 Å². The van der Waals surface area contributed by atoms with Gasteiger partial charge in [-0.25, -0.2) is 0 Å². The van der Waals surface area contributed by atoms with E-state index in [4.69, 9.17) is 0 Å². The van der Waals surface area contributed by atoms with Gasteiger partial charge in [-0.1, -0.05) is 29.3 Å². The van der Waals surface area contributed by atoms with Crippen molar-refractivity contribution < 1.29 is 9.90 Å². The van der Waals surface area contributed by atoms with Crippen LogP contribution >= 0.6 is 31.9 Å². The Balaban J connectivity index is 2.37. The summed E-state index contributed by atoms with van der Waals surface area (Å²) < 4.78 is 1.63. The quantitative estimate of drug-likeness (QED) is 0.689. The Hall–Kier alpha value is -1.21. The molecule has 1 heterocycles. The second kappa shape index (κ2) is 6.49. The van der Waals surface area contributed by atoms with Crippen molar-refractivity contribution >= 4 is 54.4 Å². The van der Waals surface area contributed by atoms with Crippen LogP contribution in [-0.4, -0.2) is 16.0 Å². The number of fused-ring (bicyclic) bond motifs is 1. The number of aromatic nitrogens is 1. The number of nitrogens with one attached hydrogen (secondary N) is 1. The van der Waals surface area contributed by atoms with E-state index in [0.717, 1.165) is 21.8 Å². The molecule has 106 valence electrons. The smallest absolute Gasteiger partial charge is 0.264 e. The van der Waals surface area contributed by atoms with Crippen molar-refractivity contribution in [3.8, 4) is 5.88 Å². The predicted molar refractivity (Wildman–Crippen MR) is 84.4 cm³/mol. The Bertz CT molecular complexity index is 680. The van der Waals surface area contributed by atoms with Gasteiger partial charge < -0.3 is 10.1 Å². The topological polar surface area (TPSA) is 77.8 Å². The lowest BCUT2D eigenvalue weighted by molar-refractivity contribution is -0.118. The van der Waals surface area contributed by atoms with Crippen molar-refractivity contribution in [3.05, 3.63) is 21.1 Å². The number of H-pyrrole nitrogens is 1. The Morgan fingerprint density at radius 1 is 1.40 bits per heavy atom. The number of amides is 1. The summed E-state index contributed by atoms with van der Waals surface area (Å²) in [5, 5.41) is 18.1. The molecule has 2 N–H and O–H groups in total. The number of aromatic amines is 1. The lowest BCUT2D eigenvalue weighted by Crippen LogP contribution is -1.90. The molecule has 0 aliphatic carbocycles. The van der Waals surface area contributed by atoms with Gasteiger partial charge in [0.1, 0.15) is 0 Å². The zero-order valence-electron chi connectivity index (χ0n) is 10.8. The first-order valence-electron chi connectivity index (χ1n) is 6.17. The fraction of sp³-hybridized carbons (Fsp3) is 0.308. The number of carbonyl (C=O) groups excluding carboxylic acids is 1. The Morgan fingerprint density at radius 2 is 2.15 bits per heavy atom. The molecule has 7 heteroatoms. The molecule has 1 aromatic carbocycles. The van der Waals surface area contributed by atoms with E-state index in [0.29, 0.717) is 17.3 Å². The molecule has 0 saturated heterocycles. The minimum Gasteiger partial charge on any atom is -0.493 e. The first-order valence-corrected chi connectivity index (χ1v) is 7.75. The van der Waals surface area contributed by atoms with Crippen LogP contribution in [0.15, 0.2) is 31.3 Å². The minimum absolute atomic E-state index is 0.106. The maximum atomic E-state index is 11.5. The van der Waals surface area contributed by atoms with E-state index >= 15 is 0 Å². The van der Waals surface area contributed by atoms with Crippen LogP contribution in [0.1, 0.15) is 26.2 Å². The molecule has 0 fully saturated rings. The third kappa shape index (κ3) is 3.27. The Labute approximate surface area is 132 Å². The number of carbonyl (C=O) groups is 1. The van der Waals surface area contributed by atoms with Crippen LogP contribution in [0.2, 0.25) is 0 Å². The highest BCUT2D eigenvalue weighted by molar-refractivity contribution is 9.11. The molecule has 1 amide bonds. The van der Waals surface area contributed by atoms with Crippen molar-refractivity contribution in [2.45, 2.75) is 26.2 Å². The molecule has 2 aromatic rings. The summed E-state index contributed by atoms with van der Waals surface area (Å²) in [4.78, 5) is 14.3. The van der Waals surface area contributed by atoms with E-state index in [1.54, 1.807) is 6.07 Å². The molecule has 0 bridgehead atoms. The van der Waals surface area contributed by atoms with Crippen molar-refractivity contribution in [2.24, 2.45) is 10.2 Å². The van der Waals surface area contributed by atoms with Gasteiger partial charge in [0.25, 0.3) is 5.91 Å². The maximum absolute atomic E-state index is 11.5. The van der Waals surface area contributed by atoms with Crippen LogP contribution in [0.3, 0.4) is 0 Å². The van der Waals surface area contributed by atoms with E-state index in [1.165, 1.54) is 0 Å². The number of hydrogen-bond acceptors (Lipinski definition) is 3. The van der Waals surface area contributed by atoms with E-state index in [-0.39, 0.29) is 17.5 Å². The van der Waals surface area contributed by atoms with Gasteiger partial charge in [-0.2, -0.15) is 0 Å². The first kappa shape index (κ1) is 15.2. The van der Waals surface area contributed by atoms with Gasteiger partial charge in [-0.05, 0) is 34.5 Å². The summed E-state index contributed by atoms with van der Waals surface area (Å²) in [5.41, 5.74) is 0.979. The van der Waals surface area contributed by atoms with Crippen LogP contribution in [0.25, 0.3) is 10.9 Å². The number of benzene rings is 1. The summed E-state index contributed by atoms with van der Waals surface area (Å²) >= 11 is 6.77. The zero-order chi connectivity index (χ0) is 14.7. The third-order valence-electron chi connectivity index (χ3n) is 2.78. The predicted octanol–water partition coefficient (Wildman–Crippen LogP) is 5.20. The van der Waals surface area contributed by atoms with Crippen LogP contribution in [-0.2, 0) is 4.79 Å². The van der Waals surface area contributed by atoms with Crippen LogP contribution < -0.4 is 0 Å². The summed E-state index contributed by atoms with van der Waals surface area (Å²) in [6.45, 7) is 2.00. The van der Waals surface area contributed by atoms with E-state index in [9.17, 15) is 9.90 Å². The Morgan fingerprint density at radius 3 is 2.85 bits per heavy atom. The molecule has 0 aliphatic heterocycles. The standard InChI is InChI=1S/C13H13Br2N3O2/c1-2-3-4-10(19)17-18-12-8-5-7(14)6-9(15)11(8)16-13(12)20/h5-6,16,20H,2-4H2,1H3. The number of unbranched alkanes of at least 4 members (excludes halogenated alkanes) is 1. The lowest BCUT2D eigenvalue weighted by atomic mass is 10.2. The summed E-state index contributed by atoms with van der Waals surface area (Å²) in [6.07, 6.45) is 2.09. The largest absolute Gasteiger partial charge is 0.493 e. The minimum atomic E-state index is -0.283. The molecule has 1 aromatic heterocycles. The molecular formula is C13H13Br2N3O2. The fourth-order valence-electron chi connectivity index (χ4n) is 1.78. The molecule has 0 saturated carbocycles. The van der Waals surface area contributed by atoms with Gasteiger partial charge in [0.05, 0.1) is 5.52 Å². The number of nitrogens with zero attached hydrogens (tertiary/aromatic N) is 2. The summed E-state index contributed by atoms with van der Waals surface area (Å²) in [6, 6.07) is 3.66. The second-order valence-corrected chi connectivity index (χ2v) is 6.10. The third-order valence-corrected chi connectivity index (χ3v) is 3.87. The van der Waals surface area contributed by atoms with Gasteiger partial charge >= 0.3 is 0 Å². The van der Waals surface area contributed by atoms with Crippen molar-refractivity contribution in [1.29, 1.82) is 0 Å². The number of halogens is 2. The molecule has 2 rings (SSSR count). The number of rotatable bonds is 4. The molecule has 20 heavy (non-hydrogen) atoms. The zero-order valence-corrected chi connectivity index (χ0v) is 14.0. The van der Waals surface area contributed by atoms with Crippen LogP contribution in [0.4, 0.5) is 5.69 Å². The Kier molecular flexibility index (Phi) is 4.93. The average molecular weight is 403 g/mol. The molecule has 0 unspecified atom stereocenters. The molecule has 0 spiro atoms. The fourth-order valence-corrected chi connectivity index (χ4v) is 3.10. The molecule has 0 atom stereocenters. The number of aromatic hydroxyl groups is 1. The molecule has 5 nitrogen and oxygen atoms in total. The monoisotopic (exact) mass is 401 g/mol. The summed E-state index contributed by atoms with van der Waals surface area (Å²) in [5.74, 6) is -0.388. The lowest BCUT2D eigenvalue weighted by Gasteiger charge is -1.96. The van der Waals surface area contributed by atoms with E-state index in [2.05, 4.69) is 47.1 Å². The summed E-state index contributed by atoms with van der Waals surface area (Å²) in [7, 11) is 0. The van der Waals surface area contributed by atoms with Crippen molar-refractivity contribution in [2.75, 3.05) is 0 Å². The van der Waals surface area contributed by atoms with E-state index < -0.39 is 0 Å². The van der Waals surface area contributed by atoms with Gasteiger partial charge in [0.2, 0.25) is 5.88 Å². The van der Waals surface area contributed by atoms with Crippen molar-refractivity contribution in [1.82, 2.24) is 4.98 Å². The highest BCUT2D eigenvalue weighted by Crippen LogP contribution is 2.40. The normalized spacial score (nSPS) is 11.6. The van der Waals surface area contributed by atoms with Gasteiger partial charge in [0.15, 0.2) is 5.69 Å². The maximum Gasteiger partial charge on any atom is 0.264 e. The average Bonchev–Trinajstić information content (AvgIpc) is 2.70. The van der Waals surface area contributed by atoms with Gasteiger partial charge in [-0.3, -0.25) is 4.79 Å². The van der Waals surface area contributed by atoms with Gasteiger partial charge in [0, 0.05) is 20.8 Å². The SMILES string of the molecule is CCCCC(=O)N=Nc1c(O)[nH]c2c(Br)cc(Br)cc12. The molecule has 0 aliphatic rings. The first-order chi connectivity index (χ1) is 9.52. The van der Waals surface area contributed by atoms with Gasteiger partial charge in [-0.15, -0.1) is 10.2 Å². The highest BCUT2D eigenvalue weighted by Gasteiger charge is 2.14. The molecular weight excluding hydrogens is 390 g/mol. The highest BCUT2D eigenvalue weighted by atomic mass is 79.9. The van der Waals surface area contributed by atoms with Crippen LogP contribution in [0, 0.1) is 0 Å². The van der Waals surface area contributed by atoms with Crippen molar-refractivity contribution in [3.63, 3.8) is 0 Å².